The molecule has 0 aliphatic carbocycles. The van der Waals surface area contributed by atoms with E-state index in [4.69, 9.17) is 0 Å². The Morgan fingerprint density at radius 1 is 1.23 bits per heavy atom. The number of fused-ring (bicyclic) bond motifs is 1. The van der Waals surface area contributed by atoms with Crippen LogP contribution in [0.2, 0.25) is 0 Å². The number of nitrogens with zero attached hydrogens (tertiary/aromatic N) is 3. The first-order valence-electron chi connectivity index (χ1n) is 9.14. The van der Waals surface area contributed by atoms with Gasteiger partial charge in [-0.1, -0.05) is 12.1 Å². The number of halogens is 2. The molecular weight excluding hydrogens is 410 g/mol. The molecule has 0 aliphatic rings. The lowest BCUT2D eigenvalue weighted by Crippen LogP contribution is -2.12. The summed E-state index contributed by atoms with van der Waals surface area (Å²) in [6.07, 6.45) is -0.959. The summed E-state index contributed by atoms with van der Waals surface area (Å²) in [7, 11) is 0. The van der Waals surface area contributed by atoms with E-state index in [2.05, 4.69) is 30.8 Å². The van der Waals surface area contributed by atoms with E-state index < -0.39 is 12.3 Å². The number of thiophene rings is 1. The summed E-state index contributed by atoms with van der Waals surface area (Å²) in [5, 5.41) is 12.9. The van der Waals surface area contributed by atoms with Crippen LogP contribution in [-0.4, -0.2) is 26.1 Å². The molecule has 30 heavy (non-hydrogen) atoms. The Kier molecular flexibility index (Phi) is 5.40. The van der Waals surface area contributed by atoms with Gasteiger partial charge in [-0.3, -0.25) is 9.89 Å². The summed E-state index contributed by atoms with van der Waals surface area (Å²) < 4.78 is 25.5. The summed E-state index contributed by atoms with van der Waals surface area (Å²) in [5.74, 6) is 0.184. The number of rotatable bonds is 6. The minimum absolute atomic E-state index is 0.118. The van der Waals surface area contributed by atoms with E-state index >= 15 is 0 Å². The number of aromatic nitrogens is 4. The number of aryl methyl sites for hydroxylation is 1. The summed E-state index contributed by atoms with van der Waals surface area (Å²) in [6.45, 7) is 3.81. The highest BCUT2D eigenvalue weighted by Gasteiger charge is 2.15. The minimum Gasteiger partial charge on any atom is -0.362 e. The molecule has 0 unspecified atom stereocenters. The standard InChI is InChI=1S/C20H18F2N6OS/c1-10(24-16-9-23-19-17(26-16)11(2)27-28-19)12-4-3-5-13(8-12)25-20(29)15-7-6-14(30-15)18(21)22/h3-10,18H,1-2H3,(H,24,26)(H,25,29)(H,23,27,28)/t10-/m0/s1. The second kappa shape index (κ2) is 8.15. The Morgan fingerprint density at radius 3 is 2.83 bits per heavy atom. The zero-order valence-electron chi connectivity index (χ0n) is 16.1. The van der Waals surface area contributed by atoms with Crippen LogP contribution in [0.3, 0.4) is 0 Å². The van der Waals surface area contributed by atoms with E-state index in [-0.39, 0.29) is 15.8 Å². The number of carbonyl (C=O) groups is 1. The fourth-order valence-corrected chi connectivity index (χ4v) is 3.72. The van der Waals surface area contributed by atoms with E-state index in [1.807, 2.05) is 32.0 Å². The minimum atomic E-state index is -2.58. The molecule has 10 heteroatoms. The van der Waals surface area contributed by atoms with Gasteiger partial charge in [-0.2, -0.15) is 5.10 Å². The van der Waals surface area contributed by atoms with Gasteiger partial charge in [-0.25, -0.2) is 18.7 Å². The van der Waals surface area contributed by atoms with Crippen LogP contribution in [0.15, 0.2) is 42.6 Å². The number of hydrogen-bond acceptors (Lipinski definition) is 6. The van der Waals surface area contributed by atoms with E-state index in [0.717, 1.165) is 22.6 Å². The Hall–Kier alpha value is -3.40. The summed E-state index contributed by atoms with van der Waals surface area (Å²) in [6, 6.07) is 9.87. The largest absolute Gasteiger partial charge is 0.362 e. The maximum absolute atomic E-state index is 12.7. The summed E-state index contributed by atoms with van der Waals surface area (Å²) in [5.41, 5.74) is 3.58. The van der Waals surface area contributed by atoms with Gasteiger partial charge in [-0.05, 0) is 43.7 Å². The van der Waals surface area contributed by atoms with Crippen molar-refractivity contribution in [3.8, 4) is 0 Å². The molecule has 0 radical (unpaired) electrons. The number of nitrogens with one attached hydrogen (secondary N) is 3. The molecule has 154 valence electrons. The predicted octanol–water partition coefficient (Wildman–Crippen LogP) is 5.09. The van der Waals surface area contributed by atoms with Crippen molar-refractivity contribution in [3.05, 3.63) is 63.6 Å². The number of hydrogen-bond donors (Lipinski definition) is 3. The van der Waals surface area contributed by atoms with E-state index in [1.165, 1.54) is 12.1 Å². The lowest BCUT2D eigenvalue weighted by atomic mass is 10.1. The van der Waals surface area contributed by atoms with Crippen molar-refractivity contribution in [2.45, 2.75) is 26.3 Å². The fourth-order valence-electron chi connectivity index (χ4n) is 2.96. The van der Waals surface area contributed by atoms with Crippen LogP contribution >= 0.6 is 11.3 Å². The number of carbonyl (C=O) groups excluding carboxylic acids is 1. The molecule has 3 heterocycles. The second-order valence-corrected chi connectivity index (χ2v) is 7.83. The van der Waals surface area contributed by atoms with Crippen molar-refractivity contribution >= 4 is 39.9 Å². The lowest BCUT2D eigenvalue weighted by Gasteiger charge is -2.16. The van der Waals surface area contributed by atoms with E-state index in [9.17, 15) is 13.6 Å². The molecule has 1 amide bonds. The average Bonchev–Trinajstić information content (AvgIpc) is 3.36. The smallest absolute Gasteiger partial charge is 0.272 e. The van der Waals surface area contributed by atoms with Crippen LogP contribution in [0.4, 0.5) is 20.3 Å². The Morgan fingerprint density at radius 2 is 2.07 bits per heavy atom. The first-order valence-corrected chi connectivity index (χ1v) is 9.96. The van der Waals surface area contributed by atoms with Crippen molar-refractivity contribution in [2.24, 2.45) is 0 Å². The van der Waals surface area contributed by atoms with Gasteiger partial charge in [0.25, 0.3) is 12.3 Å². The summed E-state index contributed by atoms with van der Waals surface area (Å²) in [4.78, 5) is 21.3. The van der Waals surface area contributed by atoms with Crippen molar-refractivity contribution in [1.29, 1.82) is 0 Å². The number of amides is 1. The Labute approximate surface area is 174 Å². The molecule has 7 nitrogen and oxygen atoms in total. The normalized spacial score (nSPS) is 12.3. The van der Waals surface area contributed by atoms with Gasteiger partial charge in [0.2, 0.25) is 0 Å². The third-order valence-electron chi connectivity index (χ3n) is 4.52. The van der Waals surface area contributed by atoms with Crippen LogP contribution in [0.5, 0.6) is 0 Å². The van der Waals surface area contributed by atoms with Gasteiger partial charge < -0.3 is 10.6 Å². The molecule has 1 aromatic carbocycles. The monoisotopic (exact) mass is 428 g/mol. The molecule has 0 saturated heterocycles. The van der Waals surface area contributed by atoms with E-state index in [1.54, 1.807) is 12.3 Å². The van der Waals surface area contributed by atoms with Gasteiger partial charge >= 0.3 is 0 Å². The topological polar surface area (TPSA) is 95.6 Å². The highest BCUT2D eigenvalue weighted by molar-refractivity contribution is 7.14. The quantitative estimate of drug-likeness (QED) is 0.398. The third kappa shape index (κ3) is 4.13. The zero-order chi connectivity index (χ0) is 21.3. The number of alkyl halides is 2. The van der Waals surface area contributed by atoms with Gasteiger partial charge in [0.05, 0.1) is 27.7 Å². The molecule has 4 rings (SSSR count). The molecule has 0 fully saturated rings. The average molecular weight is 428 g/mol. The van der Waals surface area contributed by atoms with Crippen molar-refractivity contribution in [2.75, 3.05) is 10.6 Å². The highest BCUT2D eigenvalue weighted by Crippen LogP contribution is 2.28. The van der Waals surface area contributed by atoms with Gasteiger partial charge in [-0.15, -0.1) is 11.3 Å². The SMILES string of the molecule is Cc1n[nH]c2ncc(N[C@@H](C)c3cccc(NC(=O)c4ccc(C(F)F)s4)c3)nc12. The van der Waals surface area contributed by atoms with Gasteiger partial charge in [0, 0.05) is 5.69 Å². The number of aromatic amines is 1. The van der Waals surface area contributed by atoms with Crippen molar-refractivity contribution in [3.63, 3.8) is 0 Å². The Balaban J connectivity index is 1.47. The zero-order valence-corrected chi connectivity index (χ0v) is 16.9. The van der Waals surface area contributed by atoms with Gasteiger partial charge in [0.1, 0.15) is 11.3 Å². The molecule has 0 spiro atoms. The van der Waals surface area contributed by atoms with Crippen LogP contribution in [0.25, 0.3) is 11.2 Å². The fraction of sp³-hybridized carbons (Fsp3) is 0.200. The summed E-state index contributed by atoms with van der Waals surface area (Å²) >= 11 is 0.786. The maximum Gasteiger partial charge on any atom is 0.272 e. The molecule has 0 saturated carbocycles. The molecular formula is C20H18F2N6OS. The number of anilines is 2. The van der Waals surface area contributed by atoms with E-state index in [0.29, 0.717) is 22.7 Å². The highest BCUT2D eigenvalue weighted by atomic mass is 32.1. The Bertz CT molecular complexity index is 1200. The van der Waals surface area contributed by atoms with Crippen molar-refractivity contribution < 1.29 is 13.6 Å². The molecule has 0 bridgehead atoms. The first-order chi connectivity index (χ1) is 14.4. The second-order valence-electron chi connectivity index (χ2n) is 6.71. The third-order valence-corrected chi connectivity index (χ3v) is 5.61. The molecule has 4 aromatic rings. The molecule has 3 N–H and O–H groups in total. The van der Waals surface area contributed by atoms with Gasteiger partial charge in [0.15, 0.2) is 5.65 Å². The lowest BCUT2D eigenvalue weighted by molar-refractivity contribution is 0.103. The van der Waals surface area contributed by atoms with Crippen LogP contribution in [-0.2, 0) is 0 Å². The molecule has 3 aromatic heterocycles. The molecule has 0 aliphatic heterocycles. The molecule has 1 atom stereocenters. The van der Waals surface area contributed by atoms with Crippen LogP contribution in [0, 0.1) is 6.92 Å². The number of benzene rings is 1. The predicted molar refractivity (Wildman–Crippen MR) is 112 cm³/mol. The maximum atomic E-state index is 12.7. The van der Waals surface area contributed by atoms with Crippen LogP contribution < -0.4 is 10.6 Å². The number of H-pyrrole nitrogens is 1. The van der Waals surface area contributed by atoms with Crippen LogP contribution in [0.1, 0.15) is 45.2 Å². The first kappa shape index (κ1) is 19.9. The van der Waals surface area contributed by atoms with Crippen molar-refractivity contribution in [1.82, 2.24) is 20.2 Å².